The molecule has 1 unspecified atom stereocenters. The van der Waals surface area contributed by atoms with Crippen molar-refractivity contribution < 1.29 is 27.4 Å². The number of imidazole rings is 1. The first-order valence-corrected chi connectivity index (χ1v) is 11.9. The van der Waals surface area contributed by atoms with Gasteiger partial charge in [0.25, 0.3) is 12.3 Å². The van der Waals surface area contributed by atoms with Crippen LogP contribution in [0.2, 0.25) is 0 Å². The van der Waals surface area contributed by atoms with Gasteiger partial charge in [0.1, 0.15) is 22.7 Å². The van der Waals surface area contributed by atoms with Gasteiger partial charge < -0.3 is 14.8 Å². The number of amides is 1. The van der Waals surface area contributed by atoms with Crippen LogP contribution >= 0.6 is 0 Å². The maximum Gasteiger partial charge on any atom is 0.287 e. The van der Waals surface area contributed by atoms with Crippen LogP contribution in [0.1, 0.15) is 16.4 Å². The van der Waals surface area contributed by atoms with E-state index in [2.05, 4.69) is 16.2 Å². The van der Waals surface area contributed by atoms with E-state index >= 15 is 0 Å². The fourth-order valence-electron chi connectivity index (χ4n) is 4.54. The van der Waals surface area contributed by atoms with Crippen LogP contribution in [0, 0.1) is 11.3 Å². The molecule has 4 aromatic rings. The van der Waals surface area contributed by atoms with E-state index in [4.69, 9.17) is 14.7 Å². The Kier molecular flexibility index (Phi) is 7.12. The minimum Gasteiger partial charge on any atom is -0.496 e. The highest BCUT2D eigenvalue weighted by atomic mass is 19.3. The van der Waals surface area contributed by atoms with Crippen LogP contribution in [0.15, 0.2) is 49.1 Å². The first-order valence-electron chi connectivity index (χ1n) is 11.9. The molecule has 0 saturated carbocycles. The summed E-state index contributed by atoms with van der Waals surface area (Å²) in [7, 11) is 2.61. The number of methoxy groups -OCH3 is 2. The van der Waals surface area contributed by atoms with Crippen LogP contribution < -0.4 is 14.8 Å². The zero-order valence-corrected chi connectivity index (χ0v) is 21.0. The van der Waals surface area contributed by atoms with Crippen molar-refractivity contribution in [2.75, 3.05) is 33.9 Å². The molecule has 1 fully saturated rings. The summed E-state index contributed by atoms with van der Waals surface area (Å²) in [6.07, 6.45) is 1.04. The number of nitrogens with zero attached hydrogens (tertiary/aromatic N) is 6. The number of carbonyl (C=O) groups is 1. The zero-order valence-electron chi connectivity index (χ0n) is 21.0. The van der Waals surface area contributed by atoms with Crippen LogP contribution in [0.4, 0.5) is 13.2 Å². The molecule has 3 aromatic heterocycles. The van der Waals surface area contributed by atoms with Crippen molar-refractivity contribution in [3.05, 3.63) is 54.6 Å². The summed E-state index contributed by atoms with van der Waals surface area (Å²) in [4.78, 5) is 19.1. The average Bonchev–Trinajstić information content (AvgIpc) is 3.56. The second-order valence-electron chi connectivity index (χ2n) is 8.97. The molecule has 5 rings (SSSR count). The van der Waals surface area contributed by atoms with Crippen LogP contribution in [-0.2, 0) is 0 Å². The lowest BCUT2D eigenvalue weighted by Crippen LogP contribution is -2.47. The summed E-state index contributed by atoms with van der Waals surface area (Å²) in [5.74, 6) is -1.05. The smallest absolute Gasteiger partial charge is 0.287 e. The predicted molar refractivity (Wildman–Crippen MR) is 134 cm³/mol. The molecule has 13 heteroatoms. The standard InChI is InChI=1S/C26H24F3N7O3/c1-38-20-7-16(8-21(39-2)23(20)26(37)33-25(29)24(27)28)19-11-31-22-9-15(3-5-35(19)22)17-10-32-36(12-17)18-13-34(14-18)6-4-30/h3,5,7-12,18,24-25H,6,13-14H2,1-2H3,(H,33,37). The van der Waals surface area contributed by atoms with Gasteiger partial charge in [0.15, 0.2) is 0 Å². The van der Waals surface area contributed by atoms with E-state index in [-0.39, 0.29) is 23.1 Å². The van der Waals surface area contributed by atoms with Gasteiger partial charge in [-0.2, -0.15) is 10.4 Å². The molecule has 1 amide bonds. The largest absolute Gasteiger partial charge is 0.496 e. The summed E-state index contributed by atoms with van der Waals surface area (Å²) in [6, 6.07) is 9.28. The number of hydrogen-bond acceptors (Lipinski definition) is 7. The highest BCUT2D eigenvalue weighted by Crippen LogP contribution is 2.36. The van der Waals surface area contributed by atoms with E-state index in [9.17, 15) is 18.0 Å². The second-order valence-corrected chi connectivity index (χ2v) is 8.97. The number of hydrogen-bond donors (Lipinski definition) is 1. The Balaban J connectivity index is 1.42. The van der Waals surface area contributed by atoms with Crippen LogP contribution in [0.3, 0.4) is 0 Å². The van der Waals surface area contributed by atoms with E-state index in [1.165, 1.54) is 26.4 Å². The molecular formula is C26H24F3N7O3. The summed E-state index contributed by atoms with van der Waals surface area (Å²) in [6.45, 7) is 1.98. The quantitative estimate of drug-likeness (QED) is 0.256. The monoisotopic (exact) mass is 539 g/mol. The maximum atomic E-state index is 13.5. The summed E-state index contributed by atoms with van der Waals surface area (Å²) < 4.78 is 53.1. The molecule has 202 valence electrons. The van der Waals surface area contributed by atoms with E-state index in [0.717, 1.165) is 24.2 Å². The maximum absolute atomic E-state index is 13.5. The number of alkyl halides is 3. The normalized spacial score (nSPS) is 14.7. The SMILES string of the molecule is COc1cc(-c2cnc3cc(-c4cnn(C5CN(CC#N)C5)c4)ccn23)cc(OC)c1C(=O)NC(F)C(F)F. The highest BCUT2D eigenvalue weighted by Gasteiger charge is 2.29. The van der Waals surface area contributed by atoms with Gasteiger partial charge in [0.05, 0.1) is 51.0 Å². The third kappa shape index (κ3) is 4.98. The highest BCUT2D eigenvalue weighted by molar-refractivity contribution is 6.00. The van der Waals surface area contributed by atoms with Gasteiger partial charge >= 0.3 is 0 Å². The van der Waals surface area contributed by atoms with Gasteiger partial charge in [-0.25, -0.2) is 18.2 Å². The lowest BCUT2D eigenvalue weighted by Gasteiger charge is -2.37. The number of nitriles is 1. The summed E-state index contributed by atoms with van der Waals surface area (Å²) in [5.41, 5.74) is 3.51. The molecular weight excluding hydrogens is 515 g/mol. The number of halogens is 3. The molecule has 39 heavy (non-hydrogen) atoms. The number of likely N-dealkylation sites (tertiary alicyclic amines) is 1. The molecule has 1 aromatic carbocycles. The first-order chi connectivity index (χ1) is 18.8. The predicted octanol–water partition coefficient (Wildman–Crippen LogP) is 3.55. The number of nitrogens with one attached hydrogen (secondary N) is 1. The second kappa shape index (κ2) is 10.7. The number of rotatable bonds is 9. The molecule has 0 spiro atoms. The Labute approximate surface area is 221 Å². The van der Waals surface area contributed by atoms with E-state index < -0.39 is 18.6 Å². The number of fused-ring (bicyclic) bond motifs is 1. The van der Waals surface area contributed by atoms with Gasteiger partial charge in [0, 0.05) is 36.6 Å². The van der Waals surface area contributed by atoms with E-state index in [1.807, 2.05) is 38.5 Å². The number of pyridine rings is 1. The van der Waals surface area contributed by atoms with Gasteiger partial charge in [0.2, 0.25) is 6.30 Å². The Bertz CT molecular complexity index is 1530. The van der Waals surface area contributed by atoms with Gasteiger partial charge in [-0.15, -0.1) is 0 Å². The fourth-order valence-corrected chi connectivity index (χ4v) is 4.54. The molecule has 0 bridgehead atoms. The number of aromatic nitrogens is 4. The molecule has 1 aliphatic rings. The molecule has 0 aliphatic carbocycles. The van der Waals surface area contributed by atoms with Gasteiger partial charge in [-0.05, 0) is 29.8 Å². The Morgan fingerprint density at radius 3 is 2.49 bits per heavy atom. The van der Waals surface area contributed by atoms with Crippen molar-refractivity contribution in [2.24, 2.45) is 0 Å². The van der Waals surface area contributed by atoms with Crippen molar-refractivity contribution >= 4 is 11.6 Å². The third-order valence-electron chi connectivity index (χ3n) is 6.57. The molecule has 4 heterocycles. The van der Waals surface area contributed by atoms with Gasteiger partial charge in [-0.3, -0.25) is 18.8 Å². The minimum absolute atomic E-state index is 0.0200. The topological polar surface area (TPSA) is 110 Å². The van der Waals surface area contributed by atoms with Crippen molar-refractivity contribution in [3.8, 4) is 40.0 Å². The molecule has 10 nitrogen and oxygen atoms in total. The Morgan fingerprint density at radius 2 is 1.85 bits per heavy atom. The minimum atomic E-state index is -3.37. The van der Waals surface area contributed by atoms with Crippen LogP contribution in [-0.4, -0.2) is 76.5 Å². The van der Waals surface area contributed by atoms with Gasteiger partial charge in [-0.1, -0.05) is 0 Å². The Morgan fingerprint density at radius 1 is 1.13 bits per heavy atom. The van der Waals surface area contributed by atoms with Crippen molar-refractivity contribution in [2.45, 2.75) is 18.8 Å². The first kappa shape index (κ1) is 26.1. The third-order valence-corrected chi connectivity index (χ3v) is 6.57. The zero-order chi connectivity index (χ0) is 27.7. The van der Waals surface area contributed by atoms with Crippen molar-refractivity contribution in [3.63, 3.8) is 0 Å². The lowest BCUT2D eigenvalue weighted by molar-refractivity contribution is 0.0285. The molecule has 0 radical (unpaired) electrons. The lowest BCUT2D eigenvalue weighted by atomic mass is 10.1. The number of benzene rings is 1. The summed E-state index contributed by atoms with van der Waals surface area (Å²) in [5, 5.41) is 14.9. The molecule has 1 atom stereocenters. The number of ether oxygens (including phenoxy) is 2. The van der Waals surface area contributed by atoms with Crippen molar-refractivity contribution in [1.29, 1.82) is 5.26 Å². The molecule has 1 saturated heterocycles. The molecule has 1 aliphatic heterocycles. The fraction of sp³-hybridized carbons (Fsp3) is 0.308. The number of carbonyl (C=O) groups excluding carboxylic acids is 1. The Hall–Kier alpha value is -4.57. The molecule has 1 N–H and O–H groups in total. The summed E-state index contributed by atoms with van der Waals surface area (Å²) >= 11 is 0. The van der Waals surface area contributed by atoms with Crippen LogP contribution in [0.5, 0.6) is 11.5 Å². The van der Waals surface area contributed by atoms with Crippen molar-refractivity contribution in [1.82, 2.24) is 29.4 Å². The van der Waals surface area contributed by atoms with E-state index in [1.54, 1.807) is 17.7 Å². The van der Waals surface area contributed by atoms with Crippen LogP contribution in [0.25, 0.3) is 28.0 Å². The van der Waals surface area contributed by atoms with E-state index in [0.29, 0.717) is 23.4 Å². The average molecular weight is 540 g/mol.